The molecule has 0 spiro atoms. The maximum Gasteiger partial charge on any atom is 0.240 e. The molecule has 0 radical (unpaired) electrons. The summed E-state index contributed by atoms with van der Waals surface area (Å²) in [6.45, 7) is 1.88. The van der Waals surface area contributed by atoms with Gasteiger partial charge in [0.2, 0.25) is 10.0 Å². The van der Waals surface area contributed by atoms with Crippen LogP contribution < -0.4 is 4.72 Å². The highest BCUT2D eigenvalue weighted by atomic mass is 35.5. The number of hydrogen-bond donors (Lipinski definition) is 1. The number of hydrogen-bond acceptors (Lipinski definition) is 4. The van der Waals surface area contributed by atoms with E-state index >= 15 is 0 Å². The third-order valence-corrected chi connectivity index (χ3v) is 5.20. The van der Waals surface area contributed by atoms with Crippen LogP contribution in [-0.2, 0) is 16.6 Å². The monoisotopic (exact) mass is 347 g/mol. The third kappa shape index (κ3) is 3.50. The first kappa shape index (κ1) is 15.9. The summed E-state index contributed by atoms with van der Waals surface area (Å²) < 4.78 is 27.1. The Bertz CT molecular complexity index is 974. The van der Waals surface area contributed by atoms with Crippen LogP contribution in [0, 0.1) is 6.92 Å². The van der Waals surface area contributed by atoms with E-state index in [-0.39, 0.29) is 11.4 Å². The van der Waals surface area contributed by atoms with Crippen LogP contribution in [0.25, 0.3) is 11.0 Å². The Hall–Kier alpha value is -2.02. The van der Waals surface area contributed by atoms with Crippen LogP contribution in [0.4, 0.5) is 0 Å². The topological polar surface area (TPSA) is 72.0 Å². The van der Waals surface area contributed by atoms with E-state index in [2.05, 4.69) is 14.7 Å². The predicted molar refractivity (Wildman–Crippen MR) is 89.8 cm³/mol. The normalized spacial score (nSPS) is 11.7. The number of nitrogens with one attached hydrogen (secondary N) is 1. The zero-order valence-electron chi connectivity index (χ0n) is 12.3. The molecule has 23 heavy (non-hydrogen) atoms. The van der Waals surface area contributed by atoms with E-state index < -0.39 is 10.0 Å². The molecule has 118 valence electrons. The predicted octanol–water partition coefficient (Wildman–Crippen LogP) is 3.07. The van der Waals surface area contributed by atoms with Gasteiger partial charge in [-0.1, -0.05) is 29.8 Å². The molecule has 3 rings (SSSR count). The number of benzene rings is 2. The van der Waals surface area contributed by atoms with Crippen LogP contribution in [0.2, 0.25) is 5.02 Å². The molecule has 0 saturated heterocycles. The first-order chi connectivity index (χ1) is 11.0. The van der Waals surface area contributed by atoms with Gasteiger partial charge in [0.1, 0.15) is 0 Å². The lowest BCUT2D eigenvalue weighted by Gasteiger charge is -2.08. The number of aromatic nitrogens is 2. The fourth-order valence-corrected chi connectivity index (χ4v) is 3.34. The second-order valence-electron chi connectivity index (χ2n) is 5.09. The van der Waals surface area contributed by atoms with Crippen molar-refractivity contribution < 1.29 is 8.42 Å². The molecule has 0 amide bonds. The van der Waals surface area contributed by atoms with Crippen molar-refractivity contribution in [3.63, 3.8) is 0 Å². The molecule has 2 aromatic carbocycles. The number of nitrogens with zero attached hydrogens (tertiary/aromatic N) is 2. The summed E-state index contributed by atoms with van der Waals surface area (Å²) in [7, 11) is -3.65. The summed E-state index contributed by atoms with van der Waals surface area (Å²) in [5.41, 5.74) is 2.86. The van der Waals surface area contributed by atoms with Crippen molar-refractivity contribution in [3.05, 3.63) is 64.9 Å². The molecule has 0 atom stereocenters. The van der Waals surface area contributed by atoms with Gasteiger partial charge in [0.15, 0.2) is 0 Å². The summed E-state index contributed by atoms with van der Waals surface area (Å²) in [5.74, 6) is 0. The Balaban J connectivity index is 1.81. The molecule has 3 aromatic rings. The van der Waals surface area contributed by atoms with Crippen LogP contribution in [0.5, 0.6) is 0 Å². The van der Waals surface area contributed by atoms with Crippen molar-refractivity contribution in [2.75, 3.05) is 0 Å². The minimum Gasteiger partial charge on any atom is -0.253 e. The van der Waals surface area contributed by atoms with Gasteiger partial charge in [-0.05, 0) is 36.8 Å². The van der Waals surface area contributed by atoms with Gasteiger partial charge < -0.3 is 0 Å². The van der Waals surface area contributed by atoms with E-state index in [1.54, 1.807) is 12.3 Å². The Morgan fingerprint density at radius 3 is 2.61 bits per heavy atom. The number of aryl methyl sites for hydroxylation is 1. The second-order valence-corrected chi connectivity index (χ2v) is 7.26. The van der Waals surface area contributed by atoms with Crippen molar-refractivity contribution in [3.8, 4) is 0 Å². The smallest absolute Gasteiger partial charge is 0.240 e. The molecular formula is C16H14ClN3O2S. The number of sulfonamides is 1. The van der Waals surface area contributed by atoms with Crippen LogP contribution >= 0.6 is 11.6 Å². The Kier molecular flexibility index (Phi) is 4.30. The van der Waals surface area contributed by atoms with E-state index in [9.17, 15) is 8.42 Å². The van der Waals surface area contributed by atoms with Gasteiger partial charge in [-0.25, -0.2) is 18.1 Å². The molecule has 0 unspecified atom stereocenters. The van der Waals surface area contributed by atoms with E-state index in [0.717, 1.165) is 16.6 Å². The van der Waals surface area contributed by atoms with Crippen molar-refractivity contribution in [2.45, 2.75) is 18.4 Å². The van der Waals surface area contributed by atoms with Crippen LogP contribution in [0.1, 0.15) is 11.3 Å². The van der Waals surface area contributed by atoms with Gasteiger partial charge in [-0.2, -0.15) is 0 Å². The summed E-state index contributed by atoms with van der Waals surface area (Å²) >= 11 is 5.99. The molecule has 0 saturated carbocycles. The van der Waals surface area contributed by atoms with E-state index in [1.807, 2.05) is 31.2 Å². The highest BCUT2D eigenvalue weighted by Crippen LogP contribution is 2.20. The highest BCUT2D eigenvalue weighted by Gasteiger charge is 2.15. The van der Waals surface area contributed by atoms with E-state index in [4.69, 9.17) is 11.6 Å². The number of fused-ring (bicyclic) bond motifs is 1. The summed E-state index contributed by atoms with van der Waals surface area (Å²) in [4.78, 5) is 8.78. The van der Waals surface area contributed by atoms with Crippen molar-refractivity contribution >= 4 is 32.7 Å². The van der Waals surface area contributed by atoms with Gasteiger partial charge in [0, 0.05) is 5.02 Å². The third-order valence-electron chi connectivity index (χ3n) is 3.40. The molecular weight excluding hydrogens is 334 g/mol. The van der Waals surface area contributed by atoms with Gasteiger partial charge in [-0.3, -0.25) is 4.98 Å². The average Bonchev–Trinajstić information content (AvgIpc) is 2.55. The van der Waals surface area contributed by atoms with Crippen molar-refractivity contribution in [1.29, 1.82) is 0 Å². The molecule has 1 aromatic heterocycles. The molecule has 5 nitrogen and oxygen atoms in total. The highest BCUT2D eigenvalue weighted by molar-refractivity contribution is 7.89. The fourth-order valence-electron chi connectivity index (χ4n) is 2.07. The molecule has 7 heteroatoms. The van der Waals surface area contributed by atoms with Crippen LogP contribution in [0.15, 0.2) is 53.6 Å². The second kappa shape index (κ2) is 6.23. The maximum atomic E-state index is 12.3. The standard InChI is InChI=1S/C16H14ClN3O2S/c1-11-6-7-13(8-14(11)17)23(21,22)19-10-12-9-18-15-4-2-3-5-16(15)20-12/h2-9,19H,10H2,1H3. The average molecular weight is 348 g/mol. The Morgan fingerprint density at radius 1 is 1.13 bits per heavy atom. The Labute approximate surface area is 139 Å². The molecule has 0 aliphatic heterocycles. The van der Waals surface area contributed by atoms with E-state index in [0.29, 0.717) is 10.7 Å². The van der Waals surface area contributed by atoms with Gasteiger partial charge >= 0.3 is 0 Å². The number of para-hydroxylation sites is 2. The van der Waals surface area contributed by atoms with Crippen LogP contribution in [-0.4, -0.2) is 18.4 Å². The first-order valence-electron chi connectivity index (χ1n) is 6.92. The van der Waals surface area contributed by atoms with Gasteiger partial charge in [-0.15, -0.1) is 0 Å². The fraction of sp³-hybridized carbons (Fsp3) is 0.125. The quantitative estimate of drug-likeness (QED) is 0.787. The molecule has 1 N–H and O–H groups in total. The van der Waals surface area contributed by atoms with Crippen LogP contribution in [0.3, 0.4) is 0 Å². The zero-order chi connectivity index (χ0) is 16.4. The summed E-state index contributed by atoms with van der Waals surface area (Å²) in [6.07, 6.45) is 1.56. The lowest BCUT2D eigenvalue weighted by atomic mass is 10.2. The molecule has 1 heterocycles. The number of rotatable bonds is 4. The Morgan fingerprint density at radius 2 is 1.87 bits per heavy atom. The summed E-state index contributed by atoms with van der Waals surface area (Å²) in [6, 6.07) is 12.1. The maximum absolute atomic E-state index is 12.3. The minimum absolute atomic E-state index is 0.0612. The van der Waals surface area contributed by atoms with Crippen molar-refractivity contribution in [2.24, 2.45) is 0 Å². The van der Waals surface area contributed by atoms with Gasteiger partial charge in [0.05, 0.1) is 34.4 Å². The molecule has 0 aliphatic carbocycles. The number of halogens is 1. The summed E-state index contributed by atoms with van der Waals surface area (Å²) in [5, 5.41) is 0.415. The lowest BCUT2D eigenvalue weighted by Crippen LogP contribution is -2.23. The lowest BCUT2D eigenvalue weighted by molar-refractivity contribution is 0.580. The first-order valence-corrected chi connectivity index (χ1v) is 8.78. The zero-order valence-corrected chi connectivity index (χ0v) is 13.9. The largest absolute Gasteiger partial charge is 0.253 e. The molecule has 0 bridgehead atoms. The molecule has 0 fully saturated rings. The van der Waals surface area contributed by atoms with Gasteiger partial charge in [0.25, 0.3) is 0 Å². The van der Waals surface area contributed by atoms with E-state index in [1.165, 1.54) is 12.1 Å². The molecule has 0 aliphatic rings. The minimum atomic E-state index is -3.65. The van der Waals surface area contributed by atoms with Crippen molar-refractivity contribution in [1.82, 2.24) is 14.7 Å². The SMILES string of the molecule is Cc1ccc(S(=O)(=O)NCc2cnc3ccccc3n2)cc1Cl.